The number of anilines is 1. The number of fused-ring (bicyclic) bond motifs is 2. The van der Waals surface area contributed by atoms with Crippen molar-refractivity contribution in [3.05, 3.63) is 77.0 Å². The van der Waals surface area contributed by atoms with E-state index in [1.165, 1.54) is 0 Å². The Labute approximate surface area is 178 Å². The smallest absolute Gasteiger partial charge is 0.262 e. The second-order valence-electron chi connectivity index (χ2n) is 7.47. The van der Waals surface area contributed by atoms with Crippen LogP contribution in [0.3, 0.4) is 0 Å². The lowest BCUT2D eigenvalue weighted by Gasteiger charge is -2.26. The molecule has 1 atom stereocenters. The number of ether oxygens (including phenoxy) is 2. The zero-order valence-electron chi connectivity index (χ0n) is 17.0. The molecule has 8 nitrogen and oxygen atoms in total. The summed E-state index contributed by atoms with van der Waals surface area (Å²) in [5, 5.41) is 2.73. The SMILES string of the molecule is COC(c1ccccc1)c1nc2c(o1)CCN(C(=O)c1ccc3c(c1)OCC(=O)N3)C2. The third-order valence-corrected chi connectivity index (χ3v) is 5.46. The number of nitrogens with one attached hydrogen (secondary N) is 1. The summed E-state index contributed by atoms with van der Waals surface area (Å²) in [6, 6.07) is 14.8. The number of nitrogens with zero attached hydrogens (tertiary/aromatic N) is 2. The Balaban J connectivity index is 1.35. The van der Waals surface area contributed by atoms with Gasteiger partial charge < -0.3 is 24.1 Å². The maximum Gasteiger partial charge on any atom is 0.262 e. The lowest BCUT2D eigenvalue weighted by atomic mass is 10.1. The quantitative estimate of drug-likeness (QED) is 0.699. The van der Waals surface area contributed by atoms with E-state index in [4.69, 9.17) is 13.9 Å². The van der Waals surface area contributed by atoms with Crippen molar-refractivity contribution >= 4 is 17.5 Å². The van der Waals surface area contributed by atoms with Gasteiger partial charge in [0, 0.05) is 25.6 Å². The summed E-state index contributed by atoms with van der Waals surface area (Å²) in [6.45, 7) is 0.831. The Hall–Kier alpha value is -3.65. The molecule has 0 saturated carbocycles. The molecule has 158 valence electrons. The Kier molecular flexibility index (Phi) is 4.91. The fourth-order valence-corrected chi connectivity index (χ4v) is 3.90. The first kappa shape index (κ1) is 19.3. The molecule has 5 rings (SSSR count). The van der Waals surface area contributed by atoms with Crippen LogP contribution in [-0.2, 0) is 22.5 Å². The zero-order valence-corrected chi connectivity index (χ0v) is 17.0. The third kappa shape index (κ3) is 3.66. The van der Waals surface area contributed by atoms with Crippen molar-refractivity contribution in [2.24, 2.45) is 0 Å². The lowest BCUT2D eigenvalue weighted by Crippen LogP contribution is -2.36. The number of hydrogen-bond acceptors (Lipinski definition) is 6. The number of methoxy groups -OCH3 is 1. The van der Waals surface area contributed by atoms with Gasteiger partial charge in [0.2, 0.25) is 5.89 Å². The van der Waals surface area contributed by atoms with Crippen LogP contribution in [0.5, 0.6) is 5.75 Å². The number of carbonyl (C=O) groups excluding carboxylic acids is 2. The highest BCUT2D eigenvalue weighted by atomic mass is 16.5. The number of hydrogen-bond donors (Lipinski definition) is 1. The summed E-state index contributed by atoms with van der Waals surface area (Å²) in [7, 11) is 1.62. The van der Waals surface area contributed by atoms with E-state index in [9.17, 15) is 9.59 Å². The van der Waals surface area contributed by atoms with Crippen LogP contribution in [0.4, 0.5) is 5.69 Å². The molecule has 2 aliphatic heterocycles. The summed E-state index contributed by atoms with van der Waals surface area (Å²) >= 11 is 0. The van der Waals surface area contributed by atoms with Gasteiger partial charge in [-0.15, -0.1) is 0 Å². The molecular weight excluding hydrogens is 398 g/mol. The molecule has 3 aromatic rings. The molecule has 31 heavy (non-hydrogen) atoms. The van der Waals surface area contributed by atoms with Crippen molar-refractivity contribution in [3.8, 4) is 5.75 Å². The molecule has 0 aliphatic carbocycles. The van der Waals surface area contributed by atoms with E-state index in [0.717, 1.165) is 17.0 Å². The van der Waals surface area contributed by atoms with Crippen molar-refractivity contribution in [2.75, 3.05) is 25.6 Å². The number of benzene rings is 2. The van der Waals surface area contributed by atoms with Gasteiger partial charge in [0.1, 0.15) is 17.2 Å². The minimum Gasteiger partial charge on any atom is -0.482 e. The van der Waals surface area contributed by atoms with Gasteiger partial charge in [-0.05, 0) is 23.8 Å². The molecule has 2 aromatic carbocycles. The van der Waals surface area contributed by atoms with E-state index in [2.05, 4.69) is 10.3 Å². The molecule has 3 heterocycles. The first-order valence-electron chi connectivity index (χ1n) is 10.0. The van der Waals surface area contributed by atoms with E-state index in [1.807, 2.05) is 30.3 Å². The van der Waals surface area contributed by atoms with Crippen molar-refractivity contribution in [2.45, 2.75) is 19.1 Å². The number of rotatable bonds is 4. The molecule has 0 bridgehead atoms. The van der Waals surface area contributed by atoms with Crippen LogP contribution < -0.4 is 10.1 Å². The maximum absolute atomic E-state index is 13.1. The van der Waals surface area contributed by atoms with Gasteiger partial charge in [-0.25, -0.2) is 4.98 Å². The van der Waals surface area contributed by atoms with Crippen LogP contribution in [0.1, 0.15) is 39.4 Å². The summed E-state index contributed by atoms with van der Waals surface area (Å²) in [5.41, 5.74) is 2.77. The van der Waals surface area contributed by atoms with Gasteiger partial charge in [-0.2, -0.15) is 0 Å². The average molecular weight is 419 g/mol. The summed E-state index contributed by atoms with van der Waals surface area (Å²) < 4.78 is 17.1. The molecule has 0 fully saturated rings. The molecule has 2 amide bonds. The molecular formula is C23H21N3O5. The third-order valence-electron chi connectivity index (χ3n) is 5.46. The minimum atomic E-state index is -0.399. The molecule has 2 aliphatic rings. The number of amides is 2. The second-order valence-corrected chi connectivity index (χ2v) is 7.47. The average Bonchev–Trinajstić information content (AvgIpc) is 3.22. The fraction of sp³-hybridized carbons (Fsp3) is 0.261. The van der Waals surface area contributed by atoms with Gasteiger partial charge in [-0.3, -0.25) is 9.59 Å². The molecule has 0 spiro atoms. The predicted molar refractivity (Wildman–Crippen MR) is 111 cm³/mol. The van der Waals surface area contributed by atoms with Gasteiger partial charge in [-0.1, -0.05) is 30.3 Å². The zero-order chi connectivity index (χ0) is 21.4. The standard InChI is InChI=1S/C23H21N3O5/c1-29-21(14-5-3-2-4-6-14)22-25-17-12-26(10-9-18(17)31-22)23(28)15-7-8-16-19(11-15)30-13-20(27)24-16/h2-8,11,21H,9-10,12-13H2,1H3,(H,24,27). The van der Waals surface area contributed by atoms with E-state index in [-0.39, 0.29) is 18.4 Å². The van der Waals surface area contributed by atoms with E-state index in [1.54, 1.807) is 30.2 Å². The minimum absolute atomic E-state index is 0.0541. The Morgan fingerprint density at radius 2 is 2.06 bits per heavy atom. The monoisotopic (exact) mass is 419 g/mol. The summed E-state index contributed by atoms with van der Waals surface area (Å²) in [5.74, 6) is 1.45. The Morgan fingerprint density at radius 1 is 1.23 bits per heavy atom. The predicted octanol–water partition coefficient (Wildman–Crippen LogP) is 2.94. The molecule has 0 saturated heterocycles. The Morgan fingerprint density at radius 3 is 2.87 bits per heavy atom. The summed E-state index contributed by atoms with van der Waals surface area (Å²) in [6.07, 6.45) is 0.181. The van der Waals surface area contributed by atoms with Crippen LogP contribution in [0, 0.1) is 0 Å². The molecule has 8 heteroatoms. The van der Waals surface area contributed by atoms with Crippen LogP contribution >= 0.6 is 0 Å². The van der Waals surface area contributed by atoms with Crippen molar-refractivity contribution in [1.82, 2.24) is 9.88 Å². The van der Waals surface area contributed by atoms with Gasteiger partial charge in [0.25, 0.3) is 11.8 Å². The van der Waals surface area contributed by atoms with Crippen molar-refractivity contribution in [3.63, 3.8) is 0 Å². The van der Waals surface area contributed by atoms with Crippen molar-refractivity contribution in [1.29, 1.82) is 0 Å². The van der Waals surface area contributed by atoms with E-state index >= 15 is 0 Å². The molecule has 0 radical (unpaired) electrons. The maximum atomic E-state index is 13.1. The van der Waals surface area contributed by atoms with Gasteiger partial charge >= 0.3 is 0 Å². The highest BCUT2D eigenvalue weighted by Crippen LogP contribution is 2.31. The highest BCUT2D eigenvalue weighted by molar-refractivity contribution is 5.99. The molecule has 1 unspecified atom stereocenters. The highest BCUT2D eigenvalue weighted by Gasteiger charge is 2.29. The van der Waals surface area contributed by atoms with Gasteiger partial charge in [0.15, 0.2) is 12.7 Å². The first-order chi connectivity index (χ1) is 15.1. The van der Waals surface area contributed by atoms with Gasteiger partial charge in [0.05, 0.1) is 12.2 Å². The van der Waals surface area contributed by atoms with E-state index < -0.39 is 6.10 Å². The normalized spacial score (nSPS) is 16.0. The van der Waals surface area contributed by atoms with Crippen LogP contribution in [0.15, 0.2) is 52.9 Å². The van der Waals surface area contributed by atoms with Crippen LogP contribution in [-0.4, -0.2) is 42.0 Å². The number of aromatic nitrogens is 1. The van der Waals surface area contributed by atoms with Crippen LogP contribution in [0.25, 0.3) is 0 Å². The van der Waals surface area contributed by atoms with Crippen molar-refractivity contribution < 1.29 is 23.5 Å². The van der Waals surface area contributed by atoms with Crippen LogP contribution in [0.2, 0.25) is 0 Å². The topological polar surface area (TPSA) is 93.9 Å². The Bertz CT molecular complexity index is 1140. The largest absolute Gasteiger partial charge is 0.482 e. The van der Waals surface area contributed by atoms with E-state index in [0.29, 0.717) is 42.4 Å². The first-order valence-corrected chi connectivity index (χ1v) is 10.0. The number of oxazole rings is 1. The fourth-order valence-electron chi connectivity index (χ4n) is 3.90. The number of carbonyl (C=O) groups is 2. The molecule has 1 aromatic heterocycles. The second kappa shape index (κ2) is 7.88. The molecule has 1 N–H and O–H groups in total. The summed E-state index contributed by atoms with van der Waals surface area (Å²) in [4.78, 5) is 30.9. The lowest BCUT2D eigenvalue weighted by molar-refractivity contribution is -0.118.